The summed E-state index contributed by atoms with van der Waals surface area (Å²) in [6.45, 7) is 0.979. The summed E-state index contributed by atoms with van der Waals surface area (Å²) in [6, 6.07) is 7.33. The lowest BCUT2D eigenvalue weighted by Gasteiger charge is -2.19. The van der Waals surface area contributed by atoms with Crippen LogP contribution >= 0.6 is 0 Å². The number of nitrogens with one attached hydrogen (secondary N) is 1. The third kappa shape index (κ3) is 4.29. The van der Waals surface area contributed by atoms with Crippen molar-refractivity contribution >= 4 is 22.8 Å². The molecular weight excluding hydrogens is 421 g/mol. The number of halogens is 3. The van der Waals surface area contributed by atoms with E-state index in [1.807, 2.05) is 24.3 Å². The van der Waals surface area contributed by atoms with Crippen LogP contribution in [-0.4, -0.2) is 41.9 Å². The molecule has 11 heteroatoms. The lowest BCUT2D eigenvalue weighted by molar-refractivity contribution is -0.138. The van der Waals surface area contributed by atoms with Crippen molar-refractivity contribution in [3.8, 4) is 18.0 Å². The Kier molecular flexibility index (Phi) is 5.36. The summed E-state index contributed by atoms with van der Waals surface area (Å²) in [4.78, 5) is 16.3. The van der Waals surface area contributed by atoms with E-state index >= 15 is 0 Å². The lowest BCUT2D eigenvalue weighted by Crippen LogP contribution is -2.33. The number of pyridine rings is 1. The second-order valence-electron chi connectivity index (χ2n) is 7.03. The van der Waals surface area contributed by atoms with E-state index in [2.05, 4.69) is 36.3 Å². The molecule has 0 fully saturated rings. The normalized spacial score (nSPS) is 12.5. The number of rotatable bonds is 5. The van der Waals surface area contributed by atoms with Crippen LogP contribution in [0.2, 0.25) is 0 Å². The summed E-state index contributed by atoms with van der Waals surface area (Å²) < 4.78 is 40.9. The topological polar surface area (TPSA) is 107 Å². The molecule has 0 aliphatic heterocycles. The summed E-state index contributed by atoms with van der Waals surface area (Å²) in [5.74, 6) is 2.13. The molecule has 0 saturated heterocycles. The van der Waals surface area contributed by atoms with Crippen LogP contribution in [0.4, 0.5) is 24.9 Å². The van der Waals surface area contributed by atoms with E-state index in [0.29, 0.717) is 17.5 Å². The highest BCUT2D eigenvalue weighted by Gasteiger charge is 2.36. The summed E-state index contributed by atoms with van der Waals surface area (Å²) in [5.41, 5.74) is 8.90. The van der Waals surface area contributed by atoms with E-state index in [1.165, 1.54) is 6.33 Å². The molecule has 3 N–H and O–H groups in total. The largest absolute Gasteiger partial charge is 0.408 e. The maximum Gasteiger partial charge on any atom is 0.408 e. The average molecular weight is 438 g/mol. The van der Waals surface area contributed by atoms with E-state index in [0.717, 1.165) is 18.2 Å². The van der Waals surface area contributed by atoms with Crippen molar-refractivity contribution in [3.05, 3.63) is 59.8 Å². The molecule has 0 spiro atoms. The number of benzene rings is 1. The molecule has 8 nitrogen and oxygen atoms in total. The van der Waals surface area contributed by atoms with Gasteiger partial charge < -0.3 is 11.1 Å². The summed E-state index contributed by atoms with van der Waals surface area (Å²) in [6.07, 6.45) is 4.47. The van der Waals surface area contributed by atoms with Crippen LogP contribution in [0, 0.1) is 12.3 Å². The number of nitrogens with zero attached hydrogens (tertiary/aromatic N) is 6. The predicted octanol–water partition coefficient (Wildman–Crippen LogP) is 3.12. The number of terminal acetylenes is 1. The maximum absolute atomic E-state index is 13.1. The fraction of sp³-hybridized carbons (Fsp3) is 0.190. The van der Waals surface area contributed by atoms with Gasteiger partial charge in [-0.15, -0.1) is 6.42 Å². The minimum Gasteiger partial charge on any atom is -0.368 e. The van der Waals surface area contributed by atoms with Gasteiger partial charge >= 0.3 is 6.18 Å². The minimum atomic E-state index is -4.48. The third-order valence-corrected chi connectivity index (χ3v) is 4.75. The molecule has 4 rings (SSSR count). The Morgan fingerprint density at radius 2 is 1.91 bits per heavy atom. The van der Waals surface area contributed by atoms with Gasteiger partial charge in [0.05, 0.1) is 5.69 Å². The van der Waals surface area contributed by atoms with Gasteiger partial charge in [-0.2, -0.15) is 23.3 Å². The van der Waals surface area contributed by atoms with Crippen molar-refractivity contribution in [1.29, 1.82) is 0 Å². The van der Waals surface area contributed by atoms with Crippen LogP contribution in [-0.2, 0) is 6.42 Å². The molecule has 1 aromatic carbocycles. The summed E-state index contributed by atoms with van der Waals surface area (Å²) in [5, 5.41) is 6.41. The molecule has 0 amide bonds. The zero-order chi connectivity index (χ0) is 22.9. The molecular formula is C21H17F3N8. The smallest absolute Gasteiger partial charge is 0.368 e. The maximum atomic E-state index is 13.1. The number of hydrogen-bond acceptors (Lipinski definition) is 7. The van der Waals surface area contributed by atoms with Gasteiger partial charge in [-0.1, -0.05) is 18.1 Å². The van der Waals surface area contributed by atoms with Gasteiger partial charge in [0.2, 0.25) is 5.95 Å². The number of hydrogen-bond donors (Lipinski definition) is 2. The molecule has 0 radical (unpaired) electrons. The first-order valence-electron chi connectivity index (χ1n) is 9.45. The third-order valence-electron chi connectivity index (χ3n) is 4.75. The minimum absolute atomic E-state index is 0.125. The first kappa shape index (κ1) is 21.0. The number of nitrogens with two attached hydrogens (primary N) is 1. The molecule has 3 heterocycles. The van der Waals surface area contributed by atoms with Gasteiger partial charge in [0, 0.05) is 0 Å². The molecule has 0 aliphatic carbocycles. The monoisotopic (exact) mass is 438 g/mol. The van der Waals surface area contributed by atoms with Gasteiger partial charge in [0.25, 0.3) is 0 Å². The fourth-order valence-corrected chi connectivity index (χ4v) is 3.11. The quantitative estimate of drug-likeness (QED) is 0.461. The van der Waals surface area contributed by atoms with E-state index < -0.39 is 12.2 Å². The number of alkyl halides is 3. The molecule has 1 unspecified atom stereocenters. The Morgan fingerprint density at radius 1 is 1.16 bits per heavy atom. The van der Waals surface area contributed by atoms with Gasteiger partial charge in [0.15, 0.2) is 5.82 Å². The highest BCUT2D eigenvalue weighted by Crippen LogP contribution is 2.29. The van der Waals surface area contributed by atoms with E-state index in [1.54, 1.807) is 17.1 Å². The van der Waals surface area contributed by atoms with Crippen molar-refractivity contribution in [2.24, 2.45) is 0 Å². The predicted molar refractivity (Wildman–Crippen MR) is 113 cm³/mol. The SMILES string of the molecule is C#Cc1cc(Cc2ccc(-n3cncn3)cc2)c2nc(N)nc(NC(C)C(F)(F)F)c2n1. The standard InChI is InChI=1S/C21H17F3N8/c1-3-15-9-14(8-13-4-6-16(7-5-13)32-11-26-10-27-32)17-18(29-15)19(31-20(25)30-17)28-12(2)21(22,23)24/h1,4-7,9-12H,8H2,2H3,(H3,25,28,30,31). The van der Waals surface area contributed by atoms with Crippen LogP contribution in [0.1, 0.15) is 23.7 Å². The molecule has 0 bridgehead atoms. The van der Waals surface area contributed by atoms with Gasteiger partial charge in [0.1, 0.15) is 35.4 Å². The number of aromatic nitrogens is 6. The van der Waals surface area contributed by atoms with E-state index in [9.17, 15) is 13.2 Å². The van der Waals surface area contributed by atoms with E-state index in [4.69, 9.17) is 12.2 Å². The molecule has 32 heavy (non-hydrogen) atoms. The first-order valence-corrected chi connectivity index (χ1v) is 9.45. The molecule has 1 atom stereocenters. The Hall–Kier alpha value is -4.20. The highest BCUT2D eigenvalue weighted by atomic mass is 19.4. The van der Waals surface area contributed by atoms with Crippen LogP contribution in [0.15, 0.2) is 43.0 Å². The van der Waals surface area contributed by atoms with Crippen molar-refractivity contribution in [1.82, 2.24) is 29.7 Å². The van der Waals surface area contributed by atoms with Crippen molar-refractivity contribution in [3.63, 3.8) is 0 Å². The van der Waals surface area contributed by atoms with Gasteiger partial charge in [-0.3, -0.25) is 0 Å². The molecule has 162 valence electrons. The molecule has 0 aliphatic rings. The molecule has 4 aromatic rings. The fourth-order valence-electron chi connectivity index (χ4n) is 3.11. The second kappa shape index (κ2) is 8.14. The first-order chi connectivity index (χ1) is 15.2. The van der Waals surface area contributed by atoms with E-state index in [-0.39, 0.29) is 23.0 Å². The highest BCUT2D eigenvalue weighted by molar-refractivity contribution is 5.89. The molecule has 0 saturated carbocycles. The number of anilines is 2. The Balaban J connectivity index is 1.75. The summed E-state index contributed by atoms with van der Waals surface area (Å²) >= 11 is 0. The van der Waals surface area contributed by atoms with Crippen molar-refractivity contribution in [2.45, 2.75) is 25.6 Å². The zero-order valence-electron chi connectivity index (χ0n) is 16.8. The average Bonchev–Trinajstić information content (AvgIpc) is 3.29. The Labute approximate surface area is 180 Å². The zero-order valence-corrected chi connectivity index (χ0v) is 16.8. The van der Waals surface area contributed by atoms with Crippen molar-refractivity contribution < 1.29 is 13.2 Å². The summed E-state index contributed by atoms with van der Waals surface area (Å²) in [7, 11) is 0. The van der Waals surface area contributed by atoms with Gasteiger partial charge in [-0.25, -0.2) is 19.6 Å². The van der Waals surface area contributed by atoms with Crippen LogP contribution in [0.5, 0.6) is 0 Å². The van der Waals surface area contributed by atoms with Crippen LogP contribution < -0.4 is 11.1 Å². The lowest BCUT2D eigenvalue weighted by atomic mass is 10.0. The molecule has 3 aromatic heterocycles. The van der Waals surface area contributed by atoms with Gasteiger partial charge in [-0.05, 0) is 42.7 Å². The number of nitrogen functional groups attached to an aromatic ring is 1. The second-order valence-corrected chi connectivity index (χ2v) is 7.03. The van der Waals surface area contributed by atoms with Crippen molar-refractivity contribution in [2.75, 3.05) is 11.1 Å². The number of fused-ring (bicyclic) bond motifs is 1. The van der Waals surface area contributed by atoms with Crippen LogP contribution in [0.3, 0.4) is 0 Å². The Bertz CT molecular complexity index is 1290. The Morgan fingerprint density at radius 3 is 2.53 bits per heavy atom. The van der Waals surface area contributed by atoms with Crippen LogP contribution in [0.25, 0.3) is 16.7 Å².